The molecule has 0 aliphatic heterocycles. The Labute approximate surface area is 125 Å². The predicted octanol–water partition coefficient (Wildman–Crippen LogP) is 1.80. The number of ether oxygens (including phenoxy) is 1. The van der Waals surface area contributed by atoms with Crippen molar-refractivity contribution in [2.75, 3.05) is 12.4 Å². The molecule has 0 unspecified atom stereocenters. The van der Waals surface area contributed by atoms with Crippen LogP contribution in [0.5, 0.6) is 5.75 Å². The summed E-state index contributed by atoms with van der Waals surface area (Å²) in [7, 11) is 1.57. The van der Waals surface area contributed by atoms with Crippen molar-refractivity contribution < 1.29 is 14.3 Å². The summed E-state index contributed by atoms with van der Waals surface area (Å²) in [4.78, 5) is 23.4. The molecule has 110 valence electrons. The first-order valence-electron chi connectivity index (χ1n) is 6.47. The molecule has 0 saturated heterocycles. The normalized spacial score (nSPS) is 10.4. The van der Waals surface area contributed by atoms with Crippen LogP contribution < -0.4 is 10.1 Å². The van der Waals surface area contributed by atoms with Gasteiger partial charge in [-0.2, -0.15) is 0 Å². The molecule has 7 heteroatoms. The standard InChI is InChI=1S/C15H12N4O3/c1-22-11-6-4-10(5-7-11)16-15(21)12-3-2-8-19-14(12)13(9-20)17-18-19/h2-9H,1H3,(H,16,21). The van der Waals surface area contributed by atoms with Gasteiger partial charge in [-0.1, -0.05) is 5.21 Å². The van der Waals surface area contributed by atoms with Gasteiger partial charge >= 0.3 is 0 Å². The molecule has 0 radical (unpaired) electrons. The van der Waals surface area contributed by atoms with Crippen molar-refractivity contribution in [3.63, 3.8) is 0 Å². The highest BCUT2D eigenvalue weighted by atomic mass is 16.5. The van der Waals surface area contributed by atoms with Gasteiger partial charge in [-0.3, -0.25) is 9.59 Å². The predicted molar refractivity (Wildman–Crippen MR) is 79.3 cm³/mol. The smallest absolute Gasteiger partial charge is 0.257 e. The van der Waals surface area contributed by atoms with Crippen LogP contribution in [0.25, 0.3) is 5.52 Å². The fraction of sp³-hybridized carbons (Fsp3) is 0.0667. The maximum atomic E-state index is 12.4. The second-order valence-corrected chi connectivity index (χ2v) is 4.49. The molecule has 22 heavy (non-hydrogen) atoms. The summed E-state index contributed by atoms with van der Waals surface area (Å²) in [6.45, 7) is 0. The summed E-state index contributed by atoms with van der Waals surface area (Å²) >= 11 is 0. The van der Waals surface area contributed by atoms with Crippen LogP contribution in [0.1, 0.15) is 20.8 Å². The molecular weight excluding hydrogens is 284 g/mol. The van der Waals surface area contributed by atoms with E-state index < -0.39 is 0 Å². The molecule has 0 aliphatic rings. The number of hydrogen-bond acceptors (Lipinski definition) is 5. The summed E-state index contributed by atoms with van der Waals surface area (Å²) in [6, 6.07) is 10.2. The highest BCUT2D eigenvalue weighted by Crippen LogP contribution is 2.18. The fourth-order valence-electron chi connectivity index (χ4n) is 2.11. The summed E-state index contributed by atoms with van der Waals surface area (Å²) in [6.07, 6.45) is 2.20. The zero-order valence-corrected chi connectivity index (χ0v) is 11.7. The number of benzene rings is 1. The van der Waals surface area contributed by atoms with Crippen molar-refractivity contribution in [3.8, 4) is 5.75 Å². The zero-order chi connectivity index (χ0) is 15.5. The lowest BCUT2D eigenvalue weighted by molar-refractivity contribution is 0.102. The summed E-state index contributed by atoms with van der Waals surface area (Å²) in [5.74, 6) is 0.351. The number of nitrogens with zero attached hydrogens (tertiary/aromatic N) is 3. The molecule has 0 spiro atoms. The number of aldehydes is 1. The van der Waals surface area contributed by atoms with Crippen LogP contribution >= 0.6 is 0 Å². The third-order valence-electron chi connectivity index (χ3n) is 3.17. The van der Waals surface area contributed by atoms with Gasteiger partial charge in [-0.15, -0.1) is 5.10 Å². The largest absolute Gasteiger partial charge is 0.497 e. The Morgan fingerprint density at radius 1 is 1.27 bits per heavy atom. The van der Waals surface area contributed by atoms with E-state index in [2.05, 4.69) is 15.6 Å². The molecular formula is C15H12N4O3. The number of hydrogen-bond donors (Lipinski definition) is 1. The van der Waals surface area contributed by atoms with Gasteiger partial charge in [0.05, 0.1) is 12.7 Å². The minimum atomic E-state index is -0.346. The van der Waals surface area contributed by atoms with E-state index in [1.54, 1.807) is 49.7 Å². The van der Waals surface area contributed by atoms with Crippen LogP contribution in [0.4, 0.5) is 5.69 Å². The SMILES string of the molecule is COc1ccc(NC(=O)c2cccn3nnc(C=O)c23)cc1. The van der Waals surface area contributed by atoms with E-state index in [1.165, 1.54) is 4.52 Å². The van der Waals surface area contributed by atoms with E-state index in [0.717, 1.165) is 0 Å². The van der Waals surface area contributed by atoms with E-state index in [-0.39, 0.29) is 11.6 Å². The lowest BCUT2D eigenvalue weighted by Crippen LogP contribution is -2.13. The molecule has 0 fully saturated rings. The number of fused-ring (bicyclic) bond motifs is 1. The van der Waals surface area contributed by atoms with Gasteiger partial charge in [-0.05, 0) is 36.4 Å². The Bertz CT molecular complexity index is 840. The van der Waals surface area contributed by atoms with Gasteiger partial charge in [0.15, 0.2) is 12.0 Å². The van der Waals surface area contributed by atoms with E-state index in [4.69, 9.17) is 4.74 Å². The number of pyridine rings is 1. The van der Waals surface area contributed by atoms with Crippen LogP contribution in [-0.2, 0) is 0 Å². The maximum Gasteiger partial charge on any atom is 0.257 e. The highest BCUT2D eigenvalue weighted by molar-refractivity contribution is 6.10. The Morgan fingerprint density at radius 2 is 2.05 bits per heavy atom. The number of aromatic nitrogens is 3. The average molecular weight is 296 g/mol. The van der Waals surface area contributed by atoms with E-state index in [1.807, 2.05) is 0 Å². The molecule has 0 aliphatic carbocycles. The number of amides is 1. The van der Waals surface area contributed by atoms with Crippen molar-refractivity contribution in [1.82, 2.24) is 14.8 Å². The molecule has 2 aromatic heterocycles. The summed E-state index contributed by atoms with van der Waals surface area (Å²) in [5.41, 5.74) is 1.45. The average Bonchev–Trinajstić information content (AvgIpc) is 2.98. The van der Waals surface area contributed by atoms with E-state index in [9.17, 15) is 9.59 Å². The first kappa shape index (κ1) is 13.7. The van der Waals surface area contributed by atoms with Crippen molar-refractivity contribution in [1.29, 1.82) is 0 Å². The maximum absolute atomic E-state index is 12.4. The number of nitrogens with one attached hydrogen (secondary N) is 1. The number of carbonyl (C=O) groups excluding carboxylic acids is 2. The van der Waals surface area contributed by atoms with Crippen molar-refractivity contribution in [2.45, 2.75) is 0 Å². The second kappa shape index (κ2) is 5.65. The van der Waals surface area contributed by atoms with Gasteiger partial charge in [0.2, 0.25) is 0 Å². The highest BCUT2D eigenvalue weighted by Gasteiger charge is 2.16. The van der Waals surface area contributed by atoms with Crippen LogP contribution in [-0.4, -0.2) is 34.1 Å². The van der Waals surface area contributed by atoms with E-state index in [0.29, 0.717) is 28.8 Å². The van der Waals surface area contributed by atoms with Gasteiger partial charge < -0.3 is 10.1 Å². The Morgan fingerprint density at radius 3 is 2.73 bits per heavy atom. The molecule has 1 aromatic carbocycles. The Balaban J connectivity index is 1.94. The number of rotatable bonds is 4. The fourth-order valence-corrected chi connectivity index (χ4v) is 2.11. The summed E-state index contributed by atoms with van der Waals surface area (Å²) < 4.78 is 6.46. The topological polar surface area (TPSA) is 85.6 Å². The Kier molecular flexibility index (Phi) is 3.53. The molecule has 3 aromatic rings. The number of carbonyl (C=O) groups is 2. The molecule has 1 amide bonds. The lowest BCUT2D eigenvalue weighted by atomic mass is 10.2. The van der Waals surface area contributed by atoms with Gasteiger partial charge in [-0.25, -0.2) is 4.52 Å². The molecule has 3 rings (SSSR count). The summed E-state index contributed by atoms with van der Waals surface area (Å²) in [5, 5.41) is 10.3. The van der Waals surface area contributed by atoms with Crippen molar-refractivity contribution in [3.05, 3.63) is 53.9 Å². The van der Waals surface area contributed by atoms with Crippen LogP contribution in [0.15, 0.2) is 42.6 Å². The minimum absolute atomic E-state index is 0.125. The van der Waals surface area contributed by atoms with E-state index >= 15 is 0 Å². The molecule has 1 N–H and O–H groups in total. The van der Waals surface area contributed by atoms with Crippen molar-refractivity contribution in [2.24, 2.45) is 0 Å². The lowest BCUT2D eigenvalue weighted by Gasteiger charge is -2.07. The molecule has 2 heterocycles. The molecule has 7 nitrogen and oxygen atoms in total. The van der Waals surface area contributed by atoms with Gasteiger partial charge in [0, 0.05) is 11.9 Å². The molecule has 0 bridgehead atoms. The van der Waals surface area contributed by atoms with Gasteiger partial charge in [0.25, 0.3) is 5.91 Å². The van der Waals surface area contributed by atoms with Crippen molar-refractivity contribution >= 4 is 23.4 Å². The number of anilines is 1. The van der Waals surface area contributed by atoms with Crippen LogP contribution in [0, 0.1) is 0 Å². The first-order valence-corrected chi connectivity index (χ1v) is 6.47. The van der Waals surface area contributed by atoms with Gasteiger partial charge in [0.1, 0.15) is 11.3 Å². The molecule has 0 atom stereocenters. The van der Waals surface area contributed by atoms with Crippen LogP contribution in [0.2, 0.25) is 0 Å². The first-order chi connectivity index (χ1) is 10.7. The second-order valence-electron chi connectivity index (χ2n) is 4.49. The third kappa shape index (κ3) is 2.39. The third-order valence-corrected chi connectivity index (χ3v) is 3.17. The zero-order valence-electron chi connectivity index (χ0n) is 11.7. The van der Waals surface area contributed by atoms with Crippen LogP contribution in [0.3, 0.4) is 0 Å². The Hall–Kier alpha value is -3.22. The monoisotopic (exact) mass is 296 g/mol. The minimum Gasteiger partial charge on any atom is -0.497 e. The quantitative estimate of drug-likeness (QED) is 0.742. The number of methoxy groups -OCH3 is 1. The molecule has 0 saturated carbocycles.